The lowest BCUT2D eigenvalue weighted by atomic mass is 10.2. The quantitative estimate of drug-likeness (QED) is 0.475. The van der Waals surface area contributed by atoms with E-state index >= 15 is 0 Å². The minimum absolute atomic E-state index is 0.352. The van der Waals surface area contributed by atoms with E-state index in [-0.39, 0.29) is 0 Å². The van der Waals surface area contributed by atoms with Gasteiger partial charge in [0.15, 0.2) is 0 Å². The van der Waals surface area contributed by atoms with Gasteiger partial charge < -0.3 is 15.0 Å². The minimum Gasteiger partial charge on any atom is -0.378 e. The minimum atomic E-state index is 0.352. The number of hydrogen-bond donors (Lipinski definition) is 2. The standard InChI is InChI=1S/C20H20ClN7O/c21-16-6-8-17(9-7-16)23-18-24-19(27-22-14-15-4-2-1-3-5-15)26-20(25-18)28-10-12-29-13-11-28/h1-9,14H,10-13H2,(H2,23,24,25,26,27)/b22-14+. The predicted octanol–water partition coefficient (Wildman–Crippen LogP) is 3.55. The summed E-state index contributed by atoms with van der Waals surface area (Å²) in [5.41, 5.74) is 4.70. The molecule has 8 nitrogen and oxygen atoms in total. The fraction of sp³-hybridized carbons (Fsp3) is 0.200. The molecule has 1 aliphatic rings. The summed E-state index contributed by atoms with van der Waals surface area (Å²) in [6.45, 7) is 2.72. The van der Waals surface area contributed by atoms with Gasteiger partial charge in [0.05, 0.1) is 19.4 Å². The number of aromatic nitrogens is 3. The van der Waals surface area contributed by atoms with E-state index < -0.39 is 0 Å². The van der Waals surface area contributed by atoms with E-state index in [0.29, 0.717) is 36.1 Å². The van der Waals surface area contributed by atoms with Gasteiger partial charge in [-0.1, -0.05) is 41.9 Å². The third-order valence-corrected chi connectivity index (χ3v) is 4.45. The van der Waals surface area contributed by atoms with Crippen LogP contribution in [0.5, 0.6) is 0 Å². The van der Waals surface area contributed by atoms with E-state index in [2.05, 4.69) is 35.7 Å². The number of nitrogens with one attached hydrogen (secondary N) is 2. The van der Waals surface area contributed by atoms with E-state index in [1.54, 1.807) is 18.3 Å². The van der Waals surface area contributed by atoms with Crippen molar-refractivity contribution in [3.63, 3.8) is 0 Å². The average molecular weight is 410 g/mol. The Kier molecular flexibility index (Phi) is 6.13. The molecule has 2 aromatic carbocycles. The van der Waals surface area contributed by atoms with Gasteiger partial charge in [-0.3, -0.25) is 0 Å². The number of hydrogen-bond acceptors (Lipinski definition) is 8. The Morgan fingerprint density at radius 2 is 1.66 bits per heavy atom. The molecule has 1 fully saturated rings. The molecule has 0 aliphatic carbocycles. The van der Waals surface area contributed by atoms with Crippen LogP contribution in [0.2, 0.25) is 5.02 Å². The molecule has 0 radical (unpaired) electrons. The zero-order valence-electron chi connectivity index (χ0n) is 15.6. The van der Waals surface area contributed by atoms with E-state index in [1.165, 1.54) is 0 Å². The highest BCUT2D eigenvalue weighted by Gasteiger charge is 2.16. The van der Waals surface area contributed by atoms with Gasteiger partial charge in [-0.05, 0) is 29.8 Å². The molecule has 1 saturated heterocycles. The van der Waals surface area contributed by atoms with Crippen molar-refractivity contribution in [3.8, 4) is 0 Å². The lowest BCUT2D eigenvalue weighted by Crippen LogP contribution is -2.37. The average Bonchev–Trinajstić information content (AvgIpc) is 2.77. The van der Waals surface area contributed by atoms with E-state index in [4.69, 9.17) is 16.3 Å². The summed E-state index contributed by atoms with van der Waals surface area (Å²) in [5.74, 6) is 1.34. The van der Waals surface area contributed by atoms with E-state index in [9.17, 15) is 0 Å². The molecule has 29 heavy (non-hydrogen) atoms. The van der Waals surface area contributed by atoms with E-state index in [1.807, 2.05) is 42.5 Å². The molecule has 1 aliphatic heterocycles. The number of morpholine rings is 1. The molecule has 0 atom stereocenters. The predicted molar refractivity (Wildman–Crippen MR) is 115 cm³/mol. The number of anilines is 4. The van der Waals surface area contributed by atoms with Gasteiger partial charge in [0.25, 0.3) is 0 Å². The maximum atomic E-state index is 5.96. The molecular formula is C20H20ClN7O. The fourth-order valence-electron chi connectivity index (χ4n) is 2.74. The lowest BCUT2D eigenvalue weighted by molar-refractivity contribution is 0.122. The van der Waals surface area contributed by atoms with Crippen molar-refractivity contribution < 1.29 is 4.74 Å². The Morgan fingerprint density at radius 3 is 2.41 bits per heavy atom. The third-order valence-electron chi connectivity index (χ3n) is 4.20. The van der Waals surface area contributed by atoms with Crippen LogP contribution < -0.4 is 15.6 Å². The van der Waals surface area contributed by atoms with Crippen molar-refractivity contribution >= 4 is 41.3 Å². The van der Waals surface area contributed by atoms with Crippen LogP contribution in [0.15, 0.2) is 59.7 Å². The second-order valence-corrected chi connectivity index (χ2v) is 6.73. The molecule has 2 N–H and O–H groups in total. The molecule has 9 heteroatoms. The molecular weight excluding hydrogens is 390 g/mol. The van der Waals surface area contributed by atoms with Gasteiger partial charge >= 0.3 is 0 Å². The Balaban J connectivity index is 1.56. The third kappa shape index (κ3) is 5.40. The summed E-state index contributed by atoms with van der Waals surface area (Å²) in [6.07, 6.45) is 1.71. The number of hydrazone groups is 1. The van der Waals surface area contributed by atoms with Crippen LogP contribution >= 0.6 is 11.6 Å². The first-order valence-corrected chi connectivity index (χ1v) is 9.59. The summed E-state index contributed by atoms with van der Waals surface area (Å²) in [6, 6.07) is 17.1. The van der Waals surface area contributed by atoms with Crippen molar-refractivity contribution in [1.29, 1.82) is 0 Å². The first-order valence-electron chi connectivity index (χ1n) is 9.22. The molecule has 0 unspecified atom stereocenters. The monoisotopic (exact) mass is 409 g/mol. The van der Waals surface area contributed by atoms with Crippen LogP contribution in [0.25, 0.3) is 0 Å². The van der Waals surface area contributed by atoms with Crippen LogP contribution in [-0.2, 0) is 4.74 Å². The summed E-state index contributed by atoms with van der Waals surface area (Å²) in [4.78, 5) is 15.5. The lowest BCUT2D eigenvalue weighted by Gasteiger charge is -2.27. The van der Waals surface area contributed by atoms with Crippen molar-refractivity contribution in [2.75, 3.05) is 41.9 Å². The largest absolute Gasteiger partial charge is 0.378 e. The van der Waals surface area contributed by atoms with Crippen LogP contribution in [0, 0.1) is 0 Å². The van der Waals surface area contributed by atoms with Crippen molar-refractivity contribution in [1.82, 2.24) is 15.0 Å². The SMILES string of the molecule is Clc1ccc(Nc2nc(N/N=C/c3ccccc3)nc(N3CCOCC3)n2)cc1. The summed E-state index contributed by atoms with van der Waals surface area (Å²) in [7, 11) is 0. The molecule has 0 amide bonds. The maximum absolute atomic E-state index is 5.96. The Labute approximate surface area is 173 Å². The molecule has 0 saturated carbocycles. The highest BCUT2D eigenvalue weighted by atomic mass is 35.5. The van der Waals surface area contributed by atoms with Gasteiger partial charge in [-0.25, -0.2) is 5.43 Å². The number of benzene rings is 2. The molecule has 3 aromatic rings. The summed E-state index contributed by atoms with van der Waals surface area (Å²) in [5, 5.41) is 8.09. The summed E-state index contributed by atoms with van der Waals surface area (Å²) < 4.78 is 5.42. The van der Waals surface area contributed by atoms with Gasteiger partial charge in [0, 0.05) is 23.8 Å². The van der Waals surface area contributed by atoms with Gasteiger partial charge in [0.2, 0.25) is 17.8 Å². The van der Waals surface area contributed by atoms with Gasteiger partial charge in [-0.15, -0.1) is 0 Å². The molecule has 0 bridgehead atoms. The number of halogens is 1. The van der Waals surface area contributed by atoms with Gasteiger partial charge in [0.1, 0.15) is 0 Å². The maximum Gasteiger partial charge on any atom is 0.250 e. The van der Waals surface area contributed by atoms with Crippen LogP contribution in [0.4, 0.5) is 23.5 Å². The first kappa shape index (κ1) is 19.1. The Bertz CT molecular complexity index is 960. The Hall–Kier alpha value is -3.23. The highest BCUT2D eigenvalue weighted by Crippen LogP contribution is 2.20. The fourth-order valence-corrected chi connectivity index (χ4v) is 2.87. The van der Waals surface area contributed by atoms with Crippen LogP contribution in [0.1, 0.15) is 5.56 Å². The number of nitrogens with zero attached hydrogens (tertiary/aromatic N) is 5. The second kappa shape index (κ2) is 9.31. The molecule has 2 heterocycles. The smallest absolute Gasteiger partial charge is 0.250 e. The topological polar surface area (TPSA) is 87.6 Å². The second-order valence-electron chi connectivity index (χ2n) is 6.29. The van der Waals surface area contributed by atoms with Crippen LogP contribution in [-0.4, -0.2) is 47.5 Å². The number of ether oxygens (including phenoxy) is 1. The van der Waals surface area contributed by atoms with Gasteiger partial charge in [-0.2, -0.15) is 20.1 Å². The van der Waals surface area contributed by atoms with Crippen molar-refractivity contribution in [2.45, 2.75) is 0 Å². The molecule has 148 valence electrons. The van der Waals surface area contributed by atoms with Crippen molar-refractivity contribution in [2.24, 2.45) is 5.10 Å². The summed E-state index contributed by atoms with van der Waals surface area (Å²) >= 11 is 5.96. The number of rotatable bonds is 6. The van der Waals surface area contributed by atoms with Crippen molar-refractivity contribution in [3.05, 3.63) is 65.2 Å². The molecule has 0 spiro atoms. The Morgan fingerprint density at radius 1 is 0.931 bits per heavy atom. The zero-order valence-corrected chi connectivity index (χ0v) is 16.4. The first-order chi connectivity index (χ1) is 14.3. The molecule has 1 aromatic heterocycles. The van der Waals surface area contributed by atoms with E-state index in [0.717, 1.165) is 24.3 Å². The van der Waals surface area contributed by atoms with Crippen LogP contribution in [0.3, 0.4) is 0 Å². The zero-order chi connectivity index (χ0) is 19.9. The highest BCUT2D eigenvalue weighted by molar-refractivity contribution is 6.30. The molecule has 4 rings (SSSR count). The normalized spacial score (nSPS) is 14.2.